The summed E-state index contributed by atoms with van der Waals surface area (Å²) in [6, 6.07) is 40.0. The molecule has 0 aromatic heterocycles. The van der Waals surface area contributed by atoms with Crippen LogP contribution in [0.15, 0.2) is 146 Å². The van der Waals surface area contributed by atoms with Crippen molar-refractivity contribution in [3.63, 3.8) is 0 Å². The Morgan fingerprint density at radius 2 is 0.941 bits per heavy atom. The summed E-state index contributed by atoms with van der Waals surface area (Å²) >= 11 is 0. The van der Waals surface area contributed by atoms with E-state index in [1.54, 1.807) is 0 Å². The van der Waals surface area contributed by atoms with E-state index in [1.807, 2.05) is 30.4 Å². The molecule has 166 valence electrons. The van der Waals surface area contributed by atoms with E-state index in [-0.39, 0.29) is 0 Å². The van der Waals surface area contributed by atoms with E-state index in [0.717, 1.165) is 5.69 Å². The normalized spacial score (nSPS) is 11.3. The zero-order valence-electron chi connectivity index (χ0n) is 19.5. The summed E-state index contributed by atoms with van der Waals surface area (Å²) in [4.78, 5) is 2.18. The highest BCUT2D eigenvalue weighted by atomic mass is 15.1. The molecule has 0 fully saturated rings. The van der Waals surface area contributed by atoms with Crippen LogP contribution < -0.4 is 4.90 Å². The molecule has 4 aromatic carbocycles. The van der Waals surface area contributed by atoms with Crippen molar-refractivity contribution in [1.82, 2.24) is 0 Å². The van der Waals surface area contributed by atoms with Crippen molar-refractivity contribution in [2.24, 2.45) is 0 Å². The number of benzene rings is 4. The van der Waals surface area contributed by atoms with Gasteiger partial charge in [0.15, 0.2) is 0 Å². The topological polar surface area (TPSA) is 3.24 Å². The Bertz CT molecular complexity index is 1220. The standard InChI is InChI=1S/C33H29N/c1-34(27-33(30-19-11-5-12-20-30)31-21-13-6-14-22-31)32-25-23-29(24-26-32)18-8-3-2-7-15-28-16-9-4-10-17-28/h2-27H,1H3/b3-2+,15-7+,18-8+. The average molecular weight is 440 g/mol. The van der Waals surface area contributed by atoms with Gasteiger partial charge in [-0.3, -0.25) is 0 Å². The molecule has 0 aliphatic rings. The predicted octanol–water partition coefficient (Wildman–Crippen LogP) is 8.50. The highest BCUT2D eigenvalue weighted by molar-refractivity contribution is 5.81. The zero-order valence-corrected chi connectivity index (χ0v) is 19.5. The van der Waals surface area contributed by atoms with Crippen molar-refractivity contribution in [3.05, 3.63) is 168 Å². The second-order valence-corrected chi connectivity index (χ2v) is 7.99. The highest BCUT2D eigenvalue weighted by Crippen LogP contribution is 2.25. The first-order valence-electron chi connectivity index (χ1n) is 11.5. The van der Waals surface area contributed by atoms with E-state index in [0.29, 0.717) is 0 Å². The molecule has 0 amide bonds. The molecule has 1 heteroatoms. The number of hydrogen-bond donors (Lipinski definition) is 0. The summed E-state index contributed by atoms with van der Waals surface area (Å²) in [6.07, 6.45) is 14.6. The van der Waals surface area contributed by atoms with Crippen LogP contribution in [0, 0.1) is 0 Å². The minimum atomic E-state index is 1.14. The van der Waals surface area contributed by atoms with Crippen molar-refractivity contribution < 1.29 is 0 Å². The van der Waals surface area contributed by atoms with Gasteiger partial charge in [0.05, 0.1) is 0 Å². The summed E-state index contributed by atoms with van der Waals surface area (Å²) in [5.74, 6) is 0. The van der Waals surface area contributed by atoms with Crippen LogP contribution in [0.5, 0.6) is 0 Å². The highest BCUT2D eigenvalue weighted by Gasteiger charge is 2.07. The van der Waals surface area contributed by atoms with Gasteiger partial charge >= 0.3 is 0 Å². The van der Waals surface area contributed by atoms with Gasteiger partial charge in [-0.15, -0.1) is 0 Å². The predicted molar refractivity (Wildman–Crippen MR) is 148 cm³/mol. The lowest BCUT2D eigenvalue weighted by atomic mass is 9.99. The summed E-state index contributed by atoms with van der Waals surface area (Å²) in [5.41, 5.74) is 7.11. The second-order valence-electron chi connectivity index (χ2n) is 7.99. The number of rotatable bonds is 8. The first-order valence-corrected chi connectivity index (χ1v) is 11.5. The van der Waals surface area contributed by atoms with Crippen LogP contribution in [0.2, 0.25) is 0 Å². The number of nitrogens with zero attached hydrogens (tertiary/aromatic N) is 1. The van der Waals surface area contributed by atoms with Crippen LogP contribution in [0.1, 0.15) is 22.3 Å². The molecule has 1 nitrogen and oxygen atoms in total. The van der Waals surface area contributed by atoms with E-state index in [4.69, 9.17) is 0 Å². The molecular weight excluding hydrogens is 410 g/mol. The Morgan fingerprint density at radius 3 is 1.44 bits per heavy atom. The summed E-state index contributed by atoms with van der Waals surface area (Å²) < 4.78 is 0. The number of hydrogen-bond acceptors (Lipinski definition) is 1. The fraction of sp³-hybridized carbons (Fsp3) is 0.0303. The fourth-order valence-electron chi connectivity index (χ4n) is 3.67. The van der Waals surface area contributed by atoms with Crippen molar-refractivity contribution in [1.29, 1.82) is 0 Å². The van der Waals surface area contributed by atoms with Gasteiger partial charge in [0.25, 0.3) is 0 Å². The van der Waals surface area contributed by atoms with Gasteiger partial charge in [-0.1, -0.05) is 140 Å². The molecule has 0 atom stereocenters. The minimum Gasteiger partial charge on any atom is -0.350 e. The molecule has 0 spiro atoms. The van der Waals surface area contributed by atoms with E-state index in [9.17, 15) is 0 Å². The Labute approximate surface area is 203 Å². The lowest BCUT2D eigenvalue weighted by Gasteiger charge is -2.18. The monoisotopic (exact) mass is 439 g/mol. The van der Waals surface area contributed by atoms with Crippen molar-refractivity contribution in [2.45, 2.75) is 0 Å². The molecule has 0 saturated carbocycles. The molecule has 0 radical (unpaired) electrons. The molecule has 0 saturated heterocycles. The van der Waals surface area contributed by atoms with E-state index in [1.165, 1.54) is 27.8 Å². The lowest BCUT2D eigenvalue weighted by molar-refractivity contribution is 1.20. The van der Waals surface area contributed by atoms with E-state index in [2.05, 4.69) is 140 Å². The molecular formula is C33H29N. The molecule has 0 N–H and O–H groups in total. The molecule has 34 heavy (non-hydrogen) atoms. The molecule has 4 rings (SSSR count). The summed E-state index contributed by atoms with van der Waals surface area (Å²) in [6.45, 7) is 0. The SMILES string of the molecule is CN(C=C(c1ccccc1)c1ccccc1)c1ccc(/C=C/C=C/C=C/c2ccccc2)cc1. The first kappa shape index (κ1) is 22.8. The molecule has 0 aliphatic carbocycles. The first-order chi connectivity index (χ1) is 16.8. The molecule has 0 bridgehead atoms. The van der Waals surface area contributed by atoms with Crippen molar-refractivity contribution in [3.8, 4) is 0 Å². The van der Waals surface area contributed by atoms with Gasteiger partial charge in [-0.25, -0.2) is 0 Å². The van der Waals surface area contributed by atoms with Gasteiger partial charge in [0, 0.05) is 24.5 Å². The molecule has 0 heterocycles. The Morgan fingerprint density at radius 1 is 0.500 bits per heavy atom. The average Bonchev–Trinajstić information content (AvgIpc) is 2.91. The molecule has 0 aliphatic heterocycles. The Kier molecular flexibility index (Phi) is 8.08. The smallest absolute Gasteiger partial charge is 0.0404 e. The van der Waals surface area contributed by atoms with Crippen LogP contribution in [0.4, 0.5) is 5.69 Å². The van der Waals surface area contributed by atoms with Crippen molar-refractivity contribution >= 4 is 23.4 Å². The van der Waals surface area contributed by atoms with Gasteiger partial charge in [0.1, 0.15) is 0 Å². The molecule has 0 unspecified atom stereocenters. The van der Waals surface area contributed by atoms with Gasteiger partial charge in [0.2, 0.25) is 0 Å². The summed E-state index contributed by atoms with van der Waals surface area (Å²) in [7, 11) is 2.10. The largest absolute Gasteiger partial charge is 0.350 e. The maximum absolute atomic E-state index is 2.21. The Balaban J connectivity index is 1.44. The maximum atomic E-state index is 2.21. The van der Waals surface area contributed by atoms with Crippen LogP contribution >= 0.6 is 0 Å². The third-order valence-electron chi connectivity index (χ3n) is 5.50. The fourth-order valence-corrected chi connectivity index (χ4v) is 3.67. The second kappa shape index (κ2) is 12.0. The van der Waals surface area contributed by atoms with Crippen LogP contribution in [0.3, 0.4) is 0 Å². The zero-order chi connectivity index (χ0) is 23.4. The summed E-state index contributed by atoms with van der Waals surface area (Å²) in [5, 5.41) is 0. The maximum Gasteiger partial charge on any atom is 0.0404 e. The minimum absolute atomic E-state index is 1.14. The van der Waals surface area contributed by atoms with Gasteiger partial charge in [-0.2, -0.15) is 0 Å². The van der Waals surface area contributed by atoms with E-state index >= 15 is 0 Å². The number of allylic oxidation sites excluding steroid dienone is 4. The van der Waals surface area contributed by atoms with Crippen LogP contribution in [-0.4, -0.2) is 7.05 Å². The lowest BCUT2D eigenvalue weighted by Crippen LogP contribution is -2.09. The third kappa shape index (κ3) is 6.57. The van der Waals surface area contributed by atoms with Crippen molar-refractivity contribution in [2.75, 3.05) is 11.9 Å². The molecule has 4 aromatic rings. The number of anilines is 1. The van der Waals surface area contributed by atoms with Crippen LogP contribution in [0.25, 0.3) is 17.7 Å². The van der Waals surface area contributed by atoms with Gasteiger partial charge < -0.3 is 4.90 Å². The third-order valence-corrected chi connectivity index (χ3v) is 5.50. The van der Waals surface area contributed by atoms with Crippen LogP contribution in [-0.2, 0) is 0 Å². The quantitative estimate of drug-likeness (QED) is 0.249. The van der Waals surface area contributed by atoms with Gasteiger partial charge in [-0.05, 0) is 34.4 Å². The van der Waals surface area contributed by atoms with E-state index < -0.39 is 0 Å². The Hall–Kier alpha value is -4.36.